The summed E-state index contributed by atoms with van der Waals surface area (Å²) in [7, 11) is 1.37. The number of rotatable bonds is 7. The number of carbonyl (C=O) groups is 1. The first-order chi connectivity index (χ1) is 17.6. The number of anilines is 1. The van der Waals surface area contributed by atoms with Crippen LogP contribution in [0, 0.1) is 0 Å². The lowest BCUT2D eigenvalue weighted by molar-refractivity contribution is -0.0114. The van der Waals surface area contributed by atoms with Crippen LogP contribution in [0.3, 0.4) is 0 Å². The SMILES string of the molecule is COC(=O)c1c(OCC2CCCCO2)cc(=O)n2c1CCN(Cc1ccc(N3CCCC3)cc1)CC2. The fraction of sp³-hybridized carbons (Fsp3) is 0.571. The molecular formula is C28H37N3O5. The van der Waals surface area contributed by atoms with E-state index in [1.54, 1.807) is 4.57 Å². The van der Waals surface area contributed by atoms with Crippen LogP contribution in [0.2, 0.25) is 0 Å². The molecule has 36 heavy (non-hydrogen) atoms. The van der Waals surface area contributed by atoms with Crippen molar-refractivity contribution in [3.05, 3.63) is 57.5 Å². The van der Waals surface area contributed by atoms with E-state index in [2.05, 4.69) is 34.1 Å². The fourth-order valence-corrected chi connectivity index (χ4v) is 5.55. The molecule has 8 heteroatoms. The smallest absolute Gasteiger partial charge is 0.343 e. The molecular weight excluding hydrogens is 458 g/mol. The van der Waals surface area contributed by atoms with Gasteiger partial charge in [0.05, 0.1) is 13.2 Å². The lowest BCUT2D eigenvalue weighted by Crippen LogP contribution is -2.30. The van der Waals surface area contributed by atoms with Crippen LogP contribution >= 0.6 is 0 Å². The van der Waals surface area contributed by atoms with Crippen LogP contribution in [-0.2, 0) is 29.0 Å². The van der Waals surface area contributed by atoms with Gasteiger partial charge in [-0.05, 0) is 49.8 Å². The van der Waals surface area contributed by atoms with Crippen molar-refractivity contribution in [3.8, 4) is 5.75 Å². The van der Waals surface area contributed by atoms with Crippen molar-refractivity contribution in [2.24, 2.45) is 0 Å². The first-order valence-electron chi connectivity index (χ1n) is 13.3. The van der Waals surface area contributed by atoms with Gasteiger partial charge in [-0.2, -0.15) is 0 Å². The number of ether oxygens (including phenoxy) is 3. The predicted molar refractivity (Wildman–Crippen MR) is 138 cm³/mol. The van der Waals surface area contributed by atoms with E-state index in [-0.39, 0.29) is 11.7 Å². The van der Waals surface area contributed by atoms with Gasteiger partial charge in [0.15, 0.2) is 0 Å². The summed E-state index contributed by atoms with van der Waals surface area (Å²) in [4.78, 5) is 30.7. The quantitative estimate of drug-likeness (QED) is 0.546. The van der Waals surface area contributed by atoms with Crippen molar-refractivity contribution in [2.75, 3.05) is 51.4 Å². The Labute approximate surface area is 212 Å². The van der Waals surface area contributed by atoms with Crippen LogP contribution in [0.5, 0.6) is 5.75 Å². The number of methoxy groups -OCH3 is 1. The van der Waals surface area contributed by atoms with E-state index in [0.717, 1.165) is 58.6 Å². The van der Waals surface area contributed by atoms with E-state index in [1.807, 2.05) is 0 Å². The minimum atomic E-state index is -0.468. The molecule has 0 amide bonds. The Morgan fingerprint density at radius 2 is 1.83 bits per heavy atom. The summed E-state index contributed by atoms with van der Waals surface area (Å²) in [5.41, 5.74) is 3.46. The summed E-state index contributed by atoms with van der Waals surface area (Å²) in [6, 6.07) is 10.3. The van der Waals surface area contributed by atoms with Gasteiger partial charge in [0.1, 0.15) is 17.9 Å². The summed E-state index contributed by atoms with van der Waals surface area (Å²) in [6.45, 7) is 6.13. The maximum Gasteiger partial charge on any atom is 0.343 e. The van der Waals surface area contributed by atoms with Crippen molar-refractivity contribution in [1.82, 2.24) is 9.47 Å². The summed E-state index contributed by atoms with van der Waals surface area (Å²) < 4.78 is 18.6. The Kier molecular flexibility index (Phi) is 7.92. The van der Waals surface area contributed by atoms with Gasteiger partial charge < -0.3 is 23.7 Å². The summed E-state index contributed by atoms with van der Waals surface area (Å²) >= 11 is 0. The first kappa shape index (κ1) is 24.8. The van der Waals surface area contributed by atoms with E-state index in [0.29, 0.717) is 36.6 Å². The molecule has 0 N–H and O–H groups in total. The molecule has 5 rings (SSSR count). The molecule has 1 aromatic heterocycles. The fourth-order valence-electron chi connectivity index (χ4n) is 5.55. The Morgan fingerprint density at radius 1 is 1.03 bits per heavy atom. The Balaban J connectivity index is 1.30. The van der Waals surface area contributed by atoms with Gasteiger partial charge in [-0.1, -0.05) is 12.1 Å². The molecule has 194 valence electrons. The molecule has 4 heterocycles. The zero-order valence-corrected chi connectivity index (χ0v) is 21.2. The number of aromatic nitrogens is 1. The summed E-state index contributed by atoms with van der Waals surface area (Å²) in [5.74, 6) is -0.164. The minimum Gasteiger partial charge on any atom is -0.490 e. The zero-order valence-electron chi connectivity index (χ0n) is 21.2. The second kappa shape index (κ2) is 11.5. The molecule has 0 spiro atoms. The number of pyridine rings is 1. The van der Waals surface area contributed by atoms with Crippen LogP contribution in [0.25, 0.3) is 0 Å². The normalized spacial score (nSPS) is 20.6. The van der Waals surface area contributed by atoms with Crippen LogP contribution in [0.15, 0.2) is 35.1 Å². The highest BCUT2D eigenvalue weighted by Crippen LogP contribution is 2.26. The predicted octanol–water partition coefficient (Wildman–Crippen LogP) is 3.24. The van der Waals surface area contributed by atoms with Crippen LogP contribution in [0.1, 0.15) is 53.7 Å². The molecule has 1 aromatic carbocycles. The van der Waals surface area contributed by atoms with Crippen molar-refractivity contribution in [3.63, 3.8) is 0 Å². The molecule has 0 saturated carbocycles. The van der Waals surface area contributed by atoms with Gasteiger partial charge in [-0.15, -0.1) is 0 Å². The summed E-state index contributed by atoms with van der Waals surface area (Å²) in [5, 5.41) is 0. The van der Waals surface area contributed by atoms with Crippen molar-refractivity contribution in [1.29, 1.82) is 0 Å². The largest absolute Gasteiger partial charge is 0.490 e. The van der Waals surface area contributed by atoms with Crippen LogP contribution in [0.4, 0.5) is 5.69 Å². The highest BCUT2D eigenvalue weighted by Gasteiger charge is 2.27. The second-order valence-corrected chi connectivity index (χ2v) is 10.00. The zero-order chi connectivity index (χ0) is 24.9. The Morgan fingerprint density at radius 3 is 2.56 bits per heavy atom. The van der Waals surface area contributed by atoms with Crippen molar-refractivity contribution < 1.29 is 19.0 Å². The Hall–Kier alpha value is -2.84. The minimum absolute atomic E-state index is 0.0156. The van der Waals surface area contributed by atoms with E-state index < -0.39 is 5.97 Å². The molecule has 3 aliphatic heterocycles. The van der Waals surface area contributed by atoms with E-state index in [9.17, 15) is 9.59 Å². The highest BCUT2D eigenvalue weighted by atomic mass is 16.5. The number of esters is 1. The number of hydrogen-bond donors (Lipinski definition) is 0. The lowest BCUT2D eigenvalue weighted by Gasteiger charge is -2.24. The molecule has 1 unspecified atom stereocenters. The van der Waals surface area contributed by atoms with Crippen LogP contribution < -0.4 is 15.2 Å². The number of carbonyl (C=O) groups excluding carboxylic acids is 1. The number of nitrogens with zero attached hydrogens (tertiary/aromatic N) is 3. The third-order valence-electron chi connectivity index (χ3n) is 7.59. The topological polar surface area (TPSA) is 73.2 Å². The van der Waals surface area contributed by atoms with Gasteiger partial charge >= 0.3 is 5.97 Å². The molecule has 2 fully saturated rings. The second-order valence-electron chi connectivity index (χ2n) is 10.00. The molecule has 3 aliphatic rings. The average Bonchev–Trinajstić information content (AvgIpc) is 3.37. The van der Waals surface area contributed by atoms with E-state index in [1.165, 1.54) is 37.3 Å². The van der Waals surface area contributed by atoms with Crippen molar-refractivity contribution >= 4 is 11.7 Å². The standard InChI is InChI=1S/C28H37N3O5/c1-34-28(33)27-24-11-14-29(19-21-7-9-22(10-8-21)30-12-3-4-13-30)15-16-31(24)26(32)18-25(27)36-20-23-6-2-5-17-35-23/h7-10,18,23H,2-6,11-17,19-20H2,1H3. The first-order valence-corrected chi connectivity index (χ1v) is 13.3. The van der Waals surface area contributed by atoms with Gasteiger partial charge in [-0.25, -0.2) is 4.79 Å². The van der Waals surface area contributed by atoms with Crippen molar-refractivity contribution in [2.45, 2.75) is 57.7 Å². The maximum absolute atomic E-state index is 13.1. The third-order valence-corrected chi connectivity index (χ3v) is 7.59. The summed E-state index contributed by atoms with van der Waals surface area (Å²) in [6.07, 6.45) is 6.17. The third kappa shape index (κ3) is 5.60. The number of fused-ring (bicyclic) bond motifs is 1. The van der Waals surface area contributed by atoms with Gasteiger partial charge in [0.25, 0.3) is 5.56 Å². The molecule has 0 bridgehead atoms. The number of benzene rings is 1. The highest BCUT2D eigenvalue weighted by molar-refractivity contribution is 5.93. The van der Waals surface area contributed by atoms with Crippen LogP contribution in [-0.4, -0.2) is 68.0 Å². The maximum atomic E-state index is 13.1. The van der Waals surface area contributed by atoms with E-state index in [4.69, 9.17) is 14.2 Å². The molecule has 2 saturated heterocycles. The van der Waals surface area contributed by atoms with Gasteiger partial charge in [0, 0.05) is 69.7 Å². The van der Waals surface area contributed by atoms with Gasteiger partial charge in [-0.3, -0.25) is 9.69 Å². The lowest BCUT2D eigenvalue weighted by atomic mass is 10.1. The average molecular weight is 496 g/mol. The monoisotopic (exact) mass is 495 g/mol. The van der Waals surface area contributed by atoms with Gasteiger partial charge in [0.2, 0.25) is 0 Å². The Bertz CT molecular complexity index is 1100. The molecule has 0 radical (unpaired) electrons. The molecule has 2 aromatic rings. The molecule has 0 aliphatic carbocycles. The number of hydrogen-bond acceptors (Lipinski definition) is 7. The molecule has 8 nitrogen and oxygen atoms in total. The van der Waals surface area contributed by atoms with E-state index >= 15 is 0 Å². The molecule has 1 atom stereocenters.